The summed E-state index contributed by atoms with van der Waals surface area (Å²) in [5.41, 5.74) is 1.38. The molecule has 1 nitrogen and oxygen atoms in total. The maximum absolute atomic E-state index is 10.3. The number of hydrogen-bond acceptors (Lipinski definition) is 0. The zero-order valence-corrected chi connectivity index (χ0v) is 9.49. The van der Waals surface area contributed by atoms with Crippen LogP contribution in [0.1, 0.15) is 24.8 Å². The summed E-state index contributed by atoms with van der Waals surface area (Å²) in [6.45, 7) is 0.0672. The first-order valence-corrected chi connectivity index (χ1v) is 5.96. The number of aryl methyl sites for hydroxylation is 1. The second-order valence-corrected chi connectivity index (χ2v) is 4.20. The van der Waals surface area contributed by atoms with Gasteiger partial charge < -0.3 is 0 Å². The van der Waals surface area contributed by atoms with Gasteiger partial charge in [0.05, 0.1) is 6.61 Å². The van der Waals surface area contributed by atoms with Gasteiger partial charge in [0.1, 0.15) is 0 Å². The molecule has 0 spiro atoms. The summed E-state index contributed by atoms with van der Waals surface area (Å²) in [6.07, 6.45) is 4.08. The monoisotopic (exact) mass is 213 g/mol. The third-order valence-corrected chi connectivity index (χ3v) is 2.92. The lowest BCUT2D eigenvalue weighted by atomic mass is 10.0. The summed E-state index contributed by atoms with van der Waals surface area (Å²) in [6, 6.07) is 15.1. The Balaban J connectivity index is 2.02. The highest BCUT2D eigenvalue weighted by Crippen LogP contribution is 2.17. The predicted octanol–water partition coefficient (Wildman–Crippen LogP) is 3.98. The van der Waals surface area contributed by atoms with E-state index in [-0.39, 0.29) is 6.61 Å². The predicted molar refractivity (Wildman–Crippen MR) is 67.1 cm³/mol. The zero-order chi connectivity index (χ0) is 11.2. The number of hydrogen-bond donors (Lipinski definition) is 0. The quantitative estimate of drug-likeness (QED) is 0.669. The van der Waals surface area contributed by atoms with E-state index in [0.29, 0.717) is 0 Å². The zero-order valence-electron chi connectivity index (χ0n) is 9.49. The number of rotatable bonds is 5. The third kappa shape index (κ3) is 2.83. The fourth-order valence-electron chi connectivity index (χ4n) is 2.00. The van der Waals surface area contributed by atoms with Gasteiger partial charge in [0.15, 0.2) is 0 Å². The first-order valence-electron chi connectivity index (χ1n) is 5.96. The van der Waals surface area contributed by atoms with Crippen LogP contribution in [0.15, 0.2) is 42.5 Å². The standard InChI is InChI=1S/C15H17O/c16-11-5-1-2-6-13-9-10-14-7-3-4-8-15(14)12-13/h3-4,7-10,12H,1-2,5-6,11H2. The second-order valence-electron chi connectivity index (χ2n) is 4.20. The fourth-order valence-corrected chi connectivity index (χ4v) is 2.00. The highest BCUT2D eigenvalue weighted by atomic mass is 16.2. The van der Waals surface area contributed by atoms with Crippen LogP contribution in [0.2, 0.25) is 0 Å². The van der Waals surface area contributed by atoms with Gasteiger partial charge >= 0.3 is 0 Å². The first kappa shape index (κ1) is 11.2. The number of fused-ring (bicyclic) bond motifs is 1. The molecule has 0 bridgehead atoms. The number of unbranched alkanes of at least 4 members (excludes halogenated alkanes) is 2. The van der Waals surface area contributed by atoms with Crippen molar-refractivity contribution in [2.45, 2.75) is 25.7 Å². The van der Waals surface area contributed by atoms with Gasteiger partial charge in [-0.3, -0.25) is 0 Å². The Bertz CT molecular complexity index is 448. The van der Waals surface area contributed by atoms with Crippen molar-refractivity contribution in [2.24, 2.45) is 0 Å². The molecule has 2 rings (SSSR count). The van der Waals surface area contributed by atoms with Gasteiger partial charge in [0.25, 0.3) is 0 Å². The minimum absolute atomic E-state index is 0.0672. The molecule has 1 heteroatoms. The molecule has 0 fully saturated rings. The Hall–Kier alpha value is -1.34. The summed E-state index contributed by atoms with van der Waals surface area (Å²) in [4.78, 5) is 0. The summed E-state index contributed by atoms with van der Waals surface area (Å²) in [5, 5.41) is 12.9. The Morgan fingerprint density at radius 3 is 2.44 bits per heavy atom. The van der Waals surface area contributed by atoms with Gasteiger partial charge in [0.2, 0.25) is 0 Å². The second kappa shape index (κ2) is 5.66. The van der Waals surface area contributed by atoms with Crippen molar-refractivity contribution >= 4 is 10.8 Å². The summed E-state index contributed by atoms with van der Waals surface area (Å²) < 4.78 is 0. The lowest BCUT2D eigenvalue weighted by Crippen LogP contribution is -1.87. The van der Waals surface area contributed by atoms with E-state index >= 15 is 0 Å². The molecule has 0 heterocycles. The number of benzene rings is 2. The van der Waals surface area contributed by atoms with Gasteiger partial charge in [-0.2, -0.15) is 0 Å². The molecule has 16 heavy (non-hydrogen) atoms. The molecule has 2 aromatic carbocycles. The largest absolute Gasteiger partial charge is 0.237 e. The molecule has 83 valence electrons. The highest BCUT2D eigenvalue weighted by molar-refractivity contribution is 5.82. The molecule has 0 atom stereocenters. The average molecular weight is 213 g/mol. The van der Waals surface area contributed by atoms with Crippen LogP contribution in [-0.4, -0.2) is 6.61 Å². The molecule has 0 aliphatic rings. The molecule has 0 saturated carbocycles. The maximum Gasteiger partial charge on any atom is 0.0822 e. The van der Waals surface area contributed by atoms with Crippen molar-refractivity contribution in [1.82, 2.24) is 0 Å². The van der Waals surface area contributed by atoms with Crippen molar-refractivity contribution in [3.8, 4) is 0 Å². The minimum Gasteiger partial charge on any atom is -0.237 e. The van der Waals surface area contributed by atoms with E-state index in [9.17, 15) is 5.11 Å². The van der Waals surface area contributed by atoms with Crippen LogP contribution in [0.3, 0.4) is 0 Å². The van der Waals surface area contributed by atoms with Crippen molar-refractivity contribution in [3.05, 3.63) is 48.0 Å². The molecule has 0 N–H and O–H groups in total. The van der Waals surface area contributed by atoms with Gasteiger partial charge in [-0.05, 0) is 35.6 Å². The Morgan fingerprint density at radius 1 is 0.812 bits per heavy atom. The fraction of sp³-hybridized carbons (Fsp3) is 0.333. The van der Waals surface area contributed by atoms with Crippen LogP contribution in [0.5, 0.6) is 0 Å². The van der Waals surface area contributed by atoms with Crippen LogP contribution in [0.25, 0.3) is 10.8 Å². The molecule has 0 unspecified atom stereocenters. The summed E-state index contributed by atoms with van der Waals surface area (Å²) >= 11 is 0. The summed E-state index contributed by atoms with van der Waals surface area (Å²) in [7, 11) is 0. The van der Waals surface area contributed by atoms with Crippen molar-refractivity contribution in [3.63, 3.8) is 0 Å². The normalized spacial score (nSPS) is 10.8. The van der Waals surface area contributed by atoms with Crippen molar-refractivity contribution in [1.29, 1.82) is 0 Å². The maximum atomic E-state index is 10.3. The smallest absolute Gasteiger partial charge is 0.0822 e. The minimum atomic E-state index is 0.0672. The van der Waals surface area contributed by atoms with Gasteiger partial charge in [-0.15, -0.1) is 0 Å². The first-order chi connectivity index (χ1) is 7.90. The van der Waals surface area contributed by atoms with E-state index < -0.39 is 0 Å². The van der Waals surface area contributed by atoms with Crippen molar-refractivity contribution in [2.75, 3.05) is 6.61 Å². The lowest BCUT2D eigenvalue weighted by Gasteiger charge is -2.03. The van der Waals surface area contributed by atoms with Gasteiger partial charge in [0, 0.05) is 0 Å². The van der Waals surface area contributed by atoms with Crippen LogP contribution in [-0.2, 0) is 11.5 Å². The van der Waals surface area contributed by atoms with E-state index in [1.54, 1.807) is 0 Å². The molecule has 0 aliphatic heterocycles. The van der Waals surface area contributed by atoms with Crippen LogP contribution in [0, 0.1) is 0 Å². The highest BCUT2D eigenvalue weighted by Gasteiger charge is 1.96. The van der Waals surface area contributed by atoms with Crippen LogP contribution < -0.4 is 0 Å². The summed E-state index contributed by atoms with van der Waals surface area (Å²) in [5.74, 6) is 0. The Labute approximate surface area is 96.7 Å². The van der Waals surface area contributed by atoms with Gasteiger partial charge in [-0.1, -0.05) is 48.9 Å². The molecule has 0 saturated heterocycles. The molecule has 0 amide bonds. The molecule has 0 aromatic heterocycles. The SMILES string of the molecule is [O]CCCCCc1ccc2ccccc2c1. The van der Waals surface area contributed by atoms with E-state index in [0.717, 1.165) is 25.7 Å². The molecular weight excluding hydrogens is 196 g/mol. The third-order valence-electron chi connectivity index (χ3n) is 2.92. The van der Waals surface area contributed by atoms with E-state index in [2.05, 4.69) is 42.5 Å². The van der Waals surface area contributed by atoms with E-state index in [1.165, 1.54) is 16.3 Å². The topological polar surface area (TPSA) is 19.9 Å². The Kier molecular flexibility index (Phi) is 3.95. The molecule has 2 aromatic rings. The molecule has 0 aliphatic carbocycles. The Morgan fingerprint density at radius 2 is 1.62 bits per heavy atom. The van der Waals surface area contributed by atoms with E-state index in [4.69, 9.17) is 0 Å². The van der Waals surface area contributed by atoms with Crippen LogP contribution >= 0.6 is 0 Å². The van der Waals surface area contributed by atoms with Crippen LogP contribution in [0.4, 0.5) is 0 Å². The molecular formula is C15H17O. The average Bonchev–Trinajstić information content (AvgIpc) is 2.34. The van der Waals surface area contributed by atoms with Gasteiger partial charge in [-0.25, -0.2) is 5.11 Å². The van der Waals surface area contributed by atoms with E-state index in [1.807, 2.05) is 0 Å². The lowest BCUT2D eigenvalue weighted by molar-refractivity contribution is 0.186. The van der Waals surface area contributed by atoms with Crippen molar-refractivity contribution < 1.29 is 5.11 Å². The molecule has 1 radical (unpaired) electrons.